The Balaban J connectivity index is 2.58. The van der Waals surface area contributed by atoms with Crippen molar-refractivity contribution in [2.45, 2.75) is 12.5 Å². The lowest BCUT2D eigenvalue weighted by Gasteiger charge is -2.08. The van der Waals surface area contributed by atoms with Crippen LogP contribution in [0.25, 0.3) is 0 Å². The van der Waals surface area contributed by atoms with Crippen LogP contribution in [0.2, 0.25) is 0 Å². The van der Waals surface area contributed by atoms with Crippen molar-refractivity contribution >= 4 is 12.6 Å². The van der Waals surface area contributed by atoms with E-state index in [1.165, 1.54) is 5.56 Å². The summed E-state index contributed by atoms with van der Waals surface area (Å²) in [5.74, 6) is 1.59. The molecule has 0 aliphatic carbocycles. The fraction of sp³-hybridized carbons (Fsp3) is 0.400. The molecule has 0 amide bonds. The first-order valence-corrected chi connectivity index (χ1v) is 4.89. The third-order valence-electron chi connectivity index (χ3n) is 1.89. The summed E-state index contributed by atoms with van der Waals surface area (Å²) in [6, 6.07) is 8.09. The quantitative estimate of drug-likeness (QED) is 0.717. The van der Waals surface area contributed by atoms with Crippen molar-refractivity contribution in [3.8, 4) is 5.75 Å². The van der Waals surface area contributed by atoms with E-state index in [1.807, 2.05) is 24.3 Å². The molecule has 0 aliphatic heterocycles. The van der Waals surface area contributed by atoms with Crippen molar-refractivity contribution in [3.05, 3.63) is 29.8 Å². The molecule has 2 N–H and O–H groups in total. The minimum Gasteiger partial charge on any atom is -0.497 e. The average molecular weight is 197 g/mol. The van der Waals surface area contributed by atoms with Gasteiger partial charge >= 0.3 is 0 Å². The van der Waals surface area contributed by atoms with Crippen molar-refractivity contribution in [2.75, 3.05) is 12.9 Å². The molecule has 0 heterocycles. The lowest BCUT2D eigenvalue weighted by atomic mass is 10.1. The smallest absolute Gasteiger partial charge is 0.118 e. The van der Waals surface area contributed by atoms with Crippen LogP contribution in [-0.4, -0.2) is 18.9 Å². The Morgan fingerprint density at radius 3 is 2.46 bits per heavy atom. The lowest BCUT2D eigenvalue weighted by Crippen LogP contribution is -2.24. The molecule has 0 aliphatic rings. The van der Waals surface area contributed by atoms with Crippen LogP contribution in [-0.2, 0) is 6.42 Å². The molecular formula is C10H15NOS. The van der Waals surface area contributed by atoms with Gasteiger partial charge in [-0.2, -0.15) is 12.6 Å². The maximum absolute atomic E-state index is 5.77. The molecule has 0 unspecified atom stereocenters. The van der Waals surface area contributed by atoms with Crippen LogP contribution in [0, 0.1) is 0 Å². The summed E-state index contributed by atoms with van der Waals surface area (Å²) < 4.78 is 5.05. The van der Waals surface area contributed by atoms with Crippen molar-refractivity contribution < 1.29 is 4.74 Å². The first-order chi connectivity index (χ1) is 6.26. The van der Waals surface area contributed by atoms with Crippen molar-refractivity contribution in [2.24, 2.45) is 5.73 Å². The Labute approximate surface area is 84.5 Å². The van der Waals surface area contributed by atoms with Gasteiger partial charge in [-0.1, -0.05) is 12.1 Å². The summed E-state index contributed by atoms with van der Waals surface area (Å²) in [6.07, 6.45) is 0.869. The van der Waals surface area contributed by atoms with E-state index in [0.29, 0.717) is 5.75 Å². The third-order valence-corrected chi connectivity index (χ3v) is 2.36. The maximum atomic E-state index is 5.77. The molecule has 0 fully saturated rings. The predicted octanol–water partition coefficient (Wildman–Crippen LogP) is 1.49. The van der Waals surface area contributed by atoms with E-state index in [-0.39, 0.29) is 6.04 Å². The molecule has 0 bridgehead atoms. The minimum atomic E-state index is 0.136. The van der Waals surface area contributed by atoms with Crippen LogP contribution in [0.4, 0.5) is 0 Å². The number of hydrogen-bond acceptors (Lipinski definition) is 3. The molecule has 72 valence electrons. The number of nitrogens with two attached hydrogens (primary N) is 1. The van der Waals surface area contributed by atoms with E-state index in [4.69, 9.17) is 10.5 Å². The van der Waals surface area contributed by atoms with Crippen LogP contribution in [0.5, 0.6) is 5.75 Å². The second-order valence-electron chi connectivity index (χ2n) is 2.99. The fourth-order valence-electron chi connectivity index (χ4n) is 1.13. The number of hydrogen-bond donors (Lipinski definition) is 2. The van der Waals surface area contributed by atoms with E-state index in [1.54, 1.807) is 7.11 Å². The Kier molecular flexibility index (Phi) is 4.12. The van der Waals surface area contributed by atoms with E-state index in [2.05, 4.69) is 12.6 Å². The van der Waals surface area contributed by atoms with Gasteiger partial charge in [0.1, 0.15) is 5.75 Å². The number of thiol groups is 1. The molecule has 0 saturated carbocycles. The predicted molar refractivity (Wildman–Crippen MR) is 58.5 cm³/mol. The van der Waals surface area contributed by atoms with Gasteiger partial charge in [0.2, 0.25) is 0 Å². The zero-order chi connectivity index (χ0) is 9.68. The van der Waals surface area contributed by atoms with Crippen molar-refractivity contribution in [1.29, 1.82) is 0 Å². The largest absolute Gasteiger partial charge is 0.497 e. The summed E-state index contributed by atoms with van der Waals surface area (Å²) in [6.45, 7) is 0. The zero-order valence-electron chi connectivity index (χ0n) is 7.73. The fourth-order valence-corrected chi connectivity index (χ4v) is 1.26. The number of ether oxygens (including phenoxy) is 1. The second kappa shape index (κ2) is 5.14. The van der Waals surface area contributed by atoms with Gasteiger partial charge in [-0.25, -0.2) is 0 Å². The van der Waals surface area contributed by atoms with Gasteiger partial charge < -0.3 is 10.5 Å². The molecule has 1 aromatic rings. The van der Waals surface area contributed by atoms with Gasteiger partial charge in [0.25, 0.3) is 0 Å². The number of benzene rings is 1. The summed E-state index contributed by atoms with van der Waals surface area (Å²) in [7, 11) is 1.66. The van der Waals surface area contributed by atoms with Crippen LogP contribution in [0.3, 0.4) is 0 Å². The Morgan fingerprint density at radius 2 is 2.00 bits per heavy atom. The molecule has 13 heavy (non-hydrogen) atoms. The SMILES string of the molecule is COc1ccc(C[C@H](N)CS)cc1. The number of rotatable bonds is 4. The van der Waals surface area contributed by atoms with E-state index >= 15 is 0 Å². The molecule has 0 aromatic heterocycles. The molecule has 2 nitrogen and oxygen atoms in total. The highest BCUT2D eigenvalue weighted by molar-refractivity contribution is 7.80. The Morgan fingerprint density at radius 1 is 1.38 bits per heavy atom. The molecule has 1 aromatic carbocycles. The summed E-state index contributed by atoms with van der Waals surface area (Å²) in [5, 5.41) is 0. The van der Waals surface area contributed by atoms with Gasteiger partial charge in [-0.05, 0) is 24.1 Å². The van der Waals surface area contributed by atoms with Gasteiger partial charge in [-0.3, -0.25) is 0 Å². The van der Waals surface area contributed by atoms with E-state index in [0.717, 1.165) is 12.2 Å². The van der Waals surface area contributed by atoms with E-state index in [9.17, 15) is 0 Å². The lowest BCUT2D eigenvalue weighted by molar-refractivity contribution is 0.414. The molecule has 0 radical (unpaired) electrons. The Hall–Kier alpha value is -0.670. The summed E-state index contributed by atoms with van der Waals surface area (Å²) in [4.78, 5) is 0. The minimum absolute atomic E-state index is 0.136. The van der Waals surface area contributed by atoms with Gasteiger partial charge in [0.15, 0.2) is 0 Å². The normalized spacial score (nSPS) is 12.5. The molecule has 0 spiro atoms. The van der Waals surface area contributed by atoms with Crippen LogP contribution in [0.1, 0.15) is 5.56 Å². The van der Waals surface area contributed by atoms with Crippen molar-refractivity contribution in [3.63, 3.8) is 0 Å². The monoisotopic (exact) mass is 197 g/mol. The summed E-state index contributed by atoms with van der Waals surface area (Å²) in [5.41, 5.74) is 6.99. The standard InChI is InChI=1S/C10H15NOS/c1-12-10-4-2-8(3-5-10)6-9(11)7-13/h2-5,9,13H,6-7,11H2,1H3/t9-/m0/s1. The first-order valence-electron chi connectivity index (χ1n) is 4.25. The third kappa shape index (κ3) is 3.28. The van der Waals surface area contributed by atoms with Gasteiger partial charge in [0.05, 0.1) is 7.11 Å². The highest BCUT2D eigenvalue weighted by Crippen LogP contribution is 2.12. The van der Waals surface area contributed by atoms with Crippen LogP contribution >= 0.6 is 12.6 Å². The summed E-state index contributed by atoms with van der Waals surface area (Å²) >= 11 is 4.13. The topological polar surface area (TPSA) is 35.2 Å². The molecule has 1 atom stereocenters. The van der Waals surface area contributed by atoms with Crippen molar-refractivity contribution in [1.82, 2.24) is 0 Å². The highest BCUT2D eigenvalue weighted by Gasteiger charge is 2.01. The van der Waals surface area contributed by atoms with Crippen LogP contribution < -0.4 is 10.5 Å². The number of methoxy groups -OCH3 is 1. The zero-order valence-corrected chi connectivity index (χ0v) is 8.63. The maximum Gasteiger partial charge on any atom is 0.118 e. The molecule has 1 rings (SSSR count). The van der Waals surface area contributed by atoms with Gasteiger partial charge in [0, 0.05) is 11.8 Å². The molecule has 0 saturated heterocycles. The Bertz CT molecular complexity index is 248. The second-order valence-corrected chi connectivity index (χ2v) is 3.36. The van der Waals surface area contributed by atoms with Crippen LogP contribution in [0.15, 0.2) is 24.3 Å². The van der Waals surface area contributed by atoms with E-state index < -0.39 is 0 Å². The molecule has 3 heteroatoms. The van der Waals surface area contributed by atoms with Gasteiger partial charge in [-0.15, -0.1) is 0 Å². The highest BCUT2D eigenvalue weighted by atomic mass is 32.1. The molecular weight excluding hydrogens is 182 g/mol. The first kappa shape index (κ1) is 10.4. The average Bonchev–Trinajstić information content (AvgIpc) is 2.19.